The number of aryl methyl sites for hydroxylation is 1. The predicted molar refractivity (Wildman–Crippen MR) is 319 cm³/mol. The minimum atomic E-state index is -0.526. The molecule has 0 fully saturated rings. The van der Waals surface area contributed by atoms with Crippen LogP contribution < -0.4 is 18.9 Å². The van der Waals surface area contributed by atoms with E-state index in [1.807, 2.05) is 26.0 Å². The van der Waals surface area contributed by atoms with E-state index in [9.17, 15) is 28.8 Å². The summed E-state index contributed by atoms with van der Waals surface area (Å²) in [5.41, 5.74) is 1.36. The van der Waals surface area contributed by atoms with Crippen molar-refractivity contribution in [3.63, 3.8) is 0 Å². The topological polar surface area (TPSA) is 195 Å². The van der Waals surface area contributed by atoms with Gasteiger partial charge in [0.1, 0.15) is 23.0 Å². The van der Waals surface area contributed by atoms with Gasteiger partial charge in [-0.15, -0.1) is 0 Å². The molecule has 0 saturated heterocycles. The van der Waals surface area contributed by atoms with Crippen LogP contribution in [0.2, 0.25) is 0 Å². The number of carbonyl (C=O) groups is 6. The molecule has 0 heterocycles. The van der Waals surface area contributed by atoms with Crippen LogP contribution in [-0.2, 0) is 47.6 Å². The minimum Gasteiger partial charge on any atom is -0.499 e. The molecular formula is C66H90O16. The minimum absolute atomic E-state index is 0.319. The Kier molecular flexibility index (Phi) is 43.3. The zero-order chi connectivity index (χ0) is 60.3. The van der Waals surface area contributed by atoms with Gasteiger partial charge in [0.25, 0.3) is 0 Å². The molecule has 0 bridgehead atoms. The van der Waals surface area contributed by atoms with E-state index < -0.39 is 23.9 Å². The Hall–Kier alpha value is -7.72. The molecule has 3 rings (SSSR count). The first-order chi connectivity index (χ1) is 39.8. The van der Waals surface area contributed by atoms with Gasteiger partial charge in [-0.3, -0.25) is 0 Å². The number of rotatable bonds is 42. The molecule has 82 heavy (non-hydrogen) atoms. The number of carbonyl (C=O) groups excluding carboxylic acids is 6. The average molecular weight is 1140 g/mol. The third kappa shape index (κ3) is 38.8. The number of allylic oxidation sites excluding steroid dienone is 3. The van der Waals surface area contributed by atoms with E-state index in [4.69, 9.17) is 47.4 Å². The molecule has 0 radical (unpaired) electrons. The highest BCUT2D eigenvalue weighted by Crippen LogP contribution is 2.26. The van der Waals surface area contributed by atoms with E-state index in [0.717, 1.165) is 140 Å². The highest BCUT2D eigenvalue weighted by molar-refractivity contribution is 5.92. The highest BCUT2D eigenvalue weighted by Gasteiger charge is 2.14. The molecule has 3 aromatic rings. The molecule has 0 N–H and O–H groups in total. The van der Waals surface area contributed by atoms with Crippen LogP contribution in [0.4, 0.5) is 0 Å². The Morgan fingerprint density at radius 1 is 0.439 bits per heavy atom. The van der Waals surface area contributed by atoms with Crippen molar-refractivity contribution in [2.24, 2.45) is 0 Å². The Labute approximate surface area is 487 Å². The van der Waals surface area contributed by atoms with Crippen LogP contribution in [0.25, 0.3) is 0 Å². The maximum Gasteiger partial charge on any atom is 0.343 e. The Morgan fingerprint density at radius 3 is 1.16 bits per heavy atom. The highest BCUT2D eigenvalue weighted by atomic mass is 16.6. The van der Waals surface area contributed by atoms with Crippen molar-refractivity contribution in [2.45, 2.75) is 137 Å². The van der Waals surface area contributed by atoms with Crippen LogP contribution in [0.15, 0.2) is 141 Å². The molecule has 0 amide bonds. The van der Waals surface area contributed by atoms with Gasteiger partial charge in [0.15, 0.2) is 0 Å². The van der Waals surface area contributed by atoms with E-state index >= 15 is 0 Å². The van der Waals surface area contributed by atoms with Crippen molar-refractivity contribution in [3.05, 3.63) is 158 Å². The van der Waals surface area contributed by atoms with Crippen molar-refractivity contribution in [1.82, 2.24) is 0 Å². The summed E-state index contributed by atoms with van der Waals surface area (Å²) in [6.07, 6.45) is 27.0. The zero-order valence-electron chi connectivity index (χ0n) is 49.1. The van der Waals surface area contributed by atoms with Gasteiger partial charge in [-0.1, -0.05) is 51.8 Å². The lowest BCUT2D eigenvalue weighted by Gasteiger charge is -2.11. The van der Waals surface area contributed by atoms with Gasteiger partial charge >= 0.3 is 35.8 Å². The molecule has 450 valence electrons. The summed E-state index contributed by atoms with van der Waals surface area (Å²) in [5.74, 6) is 0.432. The third-order valence-electron chi connectivity index (χ3n) is 11.5. The summed E-state index contributed by atoms with van der Waals surface area (Å²) >= 11 is 0. The van der Waals surface area contributed by atoms with Crippen molar-refractivity contribution < 1.29 is 76.1 Å². The molecule has 3 aromatic carbocycles. The molecule has 0 aliphatic heterocycles. The maximum atomic E-state index is 12.8. The van der Waals surface area contributed by atoms with Gasteiger partial charge in [0, 0.05) is 30.9 Å². The lowest BCUT2D eigenvalue weighted by atomic mass is 10.2. The Bertz CT molecular complexity index is 2370. The first-order valence-corrected chi connectivity index (χ1v) is 28.5. The lowest BCUT2D eigenvalue weighted by Crippen LogP contribution is -2.10. The van der Waals surface area contributed by atoms with E-state index in [1.54, 1.807) is 73.7 Å². The second-order valence-electron chi connectivity index (χ2n) is 18.3. The monoisotopic (exact) mass is 1140 g/mol. The molecule has 0 unspecified atom stereocenters. The summed E-state index contributed by atoms with van der Waals surface area (Å²) in [5, 5.41) is 0. The van der Waals surface area contributed by atoms with Crippen LogP contribution in [0, 0.1) is 6.92 Å². The predicted octanol–water partition coefficient (Wildman–Crippen LogP) is 14.2. The number of esters is 6. The van der Waals surface area contributed by atoms with E-state index in [2.05, 4.69) is 39.3 Å². The molecule has 0 aromatic heterocycles. The number of hydrogen-bond donors (Lipinski definition) is 0. The van der Waals surface area contributed by atoms with Crippen LogP contribution in [-0.4, -0.2) is 95.3 Å². The second-order valence-corrected chi connectivity index (χ2v) is 18.3. The summed E-state index contributed by atoms with van der Waals surface area (Å²) in [7, 11) is 0. The summed E-state index contributed by atoms with van der Waals surface area (Å²) in [6, 6.07) is 18.2. The summed E-state index contributed by atoms with van der Waals surface area (Å²) in [6.45, 7) is 26.3. The van der Waals surface area contributed by atoms with Crippen molar-refractivity contribution in [3.8, 4) is 23.0 Å². The number of benzene rings is 3. The van der Waals surface area contributed by atoms with Gasteiger partial charge in [-0.2, -0.15) is 0 Å². The molecule has 0 aliphatic rings. The van der Waals surface area contributed by atoms with Crippen molar-refractivity contribution in [2.75, 3.05) is 59.5 Å². The first kappa shape index (κ1) is 72.3. The largest absolute Gasteiger partial charge is 0.499 e. The van der Waals surface area contributed by atoms with Gasteiger partial charge in [-0.25, -0.2) is 28.8 Å². The fraction of sp³-hybridized carbons (Fsp3) is 0.455. The molecule has 0 atom stereocenters. The van der Waals surface area contributed by atoms with Crippen LogP contribution >= 0.6 is 0 Å². The van der Waals surface area contributed by atoms with Crippen LogP contribution in [0.1, 0.15) is 156 Å². The maximum absolute atomic E-state index is 12.8. The molecule has 16 nitrogen and oxygen atoms in total. The van der Waals surface area contributed by atoms with Gasteiger partial charge in [0.05, 0.1) is 69.7 Å². The fourth-order valence-electron chi connectivity index (χ4n) is 6.97. The van der Waals surface area contributed by atoms with Crippen LogP contribution in [0.5, 0.6) is 23.0 Å². The molecule has 0 saturated carbocycles. The van der Waals surface area contributed by atoms with Crippen molar-refractivity contribution >= 4 is 35.8 Å². The van der Waals surface area contributed by atoms with E-state index in [-0.39, 0.29) is 11.9 Å². The lowest BCUT2D eigenvalue weighted by molar-refractivity contribution is -0.138. The average Bonchev–Trinajstić information content (AvgIpc) is 3.49. The van der Waals surface area contributed by atoms with E-state index in [1.165, 1.54) is 12.2 Å². The molecular weight excluding hydrogens is 1050 g/mol. The first-order valence-electron chi connectivity index (χ1n) is 28.5. The third-order valence-corrected chi connectivity index (χ3v) is 11.5. The molecule has 0 aliphatic carbocycles. The Balaban J connectivity index is 0.000000828. The van der Waals surface area contributed by atoms with Gasteiger partial charge in [0.2, 0.25) is 0 Å². The van der Waals surface area contributed by atoms with E-state index in [0.29, 0.717) is 85.9 Å². The van der Waals surface area contributed by atoms with Crippen molar-refractivity contribution in [1.29, 1.82) is 0 Å². The fourth-order valence-corrected chi connectivity index (χ4v) is 6.97. The molecule has 0 spiro atoms. The zero-order valence-corrected chi connectivity index (χ0v) is 49.1. The summed E-state index contributed by atoms with van der Waals surface area (Å²) in [4.78, 5) is 68.9. The van der Waals surface area contributed by atoms with Gasteiger partial charge in [-0.05, 0) is 202 Å². The normalized spacial score (nSPS) is 10.6. The molecule has 16 heteroatoms. The smallest absolute Gasteiger partial charge is 0.343 e. The number of hydrogen-bond acceptors (Lipinski definition) is 16. The second kappa shape index (κ2) is 49.1. The standard InChI is InChI=1S/C39H44O10.C14H24O3.C13H22O3/c1-4-36(40)46-26-12-8-6-10-24-44-32-18-14-30(15-19-32)38(42)48-34-22-23-35(29(3)28-34)49-39(43)31-16-20-33(21-17-31)45-25-11-7-9-13-27-47-37(41)5-2;1-4-10-13(3)16-11-8-6-7-9-12-17-14(15)5-2;1-3-5-10-15-11-8-6-7-9-12-16-13(14)4-2/h4-5,14-23,28H,1-2,6-13,24-27H2,3H3;5,10H,2,4,6-9,11-12H2,1,3H3;3-5H,2,6-12H2,1H3/b;13-10+;5-3-. The van der Waals surface area contributed by atoms with Crippen LogP contribution in [0.3, 0.4) is 0 Å². The quantitative estimate of drug-likeness (QED) is 0.00987. The van der Waals surface area contributed by atoms with Gasteiger partial charge < -0.3 is 47.4 Å². The summed E-state index contributed by atoms with van der Waals surface area (Å²) < 4.78 is 53.1. The number of unbranched alkanes of at least 4 members (excludes halogenated alkanes) is 12. The Morgan fingerprint density at radius 2 is 0.793 bits per heavy atom. The SMILES string of the molecule is C=CC(=O)OCCCCCCO/C(C)=C/CC.C=CC(=O)OCCCCCCOC/C=C\C.C=CC(=O)OCCCCCCOc1ccc(C(=O)Oc2ccc(OC(=O)c3ccc(OCCCCCCOC(=O)C=C)cc3)c(C)c2)cc1. The number of ether oxygens (including phenoxy) is 10.